The highest BCUT2D eigenvalue weighted by Gasteiger charge is 2.27. The topological polar surface area (TPSA) is 198 Å². The highest BCUT2D eigenvalue weighted by molar-refractivity contribution is 5.99. The molecule has 0 aliphatic rings. The zero-order valence-corrected chi connectivity index (χ0v) is 22.2. The number of hydrogen-bond acceptors (Lipinski definition) is 8. The van der Waals surface area contributed by atoms with Gasteiger partial charge in [0.25, 0.3) is 0 Å². The molecular formula is C26H39N9O3. The Bertz CT molecular complexity index is 1190. The molecule has 0 spiro atoms. The first-order valence-corrected chi connectivity index (χ1v) is 12.7. The molecule has 2 aromatic heterocycles. The number of fused-ring (bicyclic) bond motifs is 1. The number of nitrogens with zero attached hydrogens (tertiary/aromatic N) is 3. The summed E-state index contributed by atoms with van der Waals surface area (Å²) in [6.07, 6.45) is 3.05. The predicted octanol–water partition coefficient (Wildman–Crippen LogP) is 0.422. The molecule has 9 N–H and O–H groups in total. The number of imidazole rings is 1. The van der Waals surface area contributed by atoms with E-state index in [0.29, 0.717) is 30.3 Å². The lowest BCUT2D eigenvalue weighted by molar-refractivity contribution is -0.134. The van der Waals surface area contributed by atoms with Crippen LogP contribution in [-0.2, 0) is 20.8 Å². The van der Waals surface area contributed by atoms with Gasteiger partial charge in [-0.25, -0.2) is 4.98 Å². The molecule has 0 aliphatic heterocycles. The molecule has 2 atom stereocenters. The third kappa shape index (κ3) is 8.91. The average molecular weight is 526 g/mol. The Labute approximate surface area is 222 Å². The van der Waals surface area contributed by atoms with Crippen LogP contribution in [0.4, 0.5) is 5.69 Å². The molecule has 1 unspecified atom stereocenters. The van der Waals surface area contributed by atoms with Crippen molar-refractivity contribution < 1.29 is 14.4 Å². The monoisotopic (exact) mass is 525 g/mol. The Balaban J connectivity index is 0.00000247. The number of hydrogen-bond donors (Lipinski definition) is 6. The van der Waals surface area contributed by atoms with E-state index in [1.807, 2.05) is 38.1 Å². The van der Waals surface area contributed by atoms with E-state index in [9.17, 15) is 14.4 Å². The van der Waals surface area contributed by atoms with Crippen molar-refractivity contribution in [1.82, 2.24) is 25.2 Å². The summed E-state index contributed by atoms with van der Waals surface area (Å²) in [5.41, 5.74) is 19.1. The van der Waals surface area contributed by atoms with E-state index in [1.165, 1.54) is 4.90 Å². The molecule has 1 aromatic carbocycles. The lowest BCUT2D eigenvalue weighted by Crippen LogP contribution is -2.52. The molecule has 3 rings (SSSR count). The number of aromatic nitrogens is 3. The number of amides is 3. The summed E-state index contributed by atoms with van der Waals surface area (Å²) < 4.78 is 0. The number of benzene rings is 1. The minimum Gasteiger partial charge on any atom is -0.346 e. The Morgan fingerprint density at radius 1 is 1.03 bits per heavy atom. The van der Waals surface area contributed by atoms with Crippen molar-refractivity contribution in [2.75, 3.05) is 31.5 Å². The number of anilines is 1. The Hall–Kier alpha value is -3.87. The van der Waals surface area contributed by atoms with Gasteiger partial charge in [0.1, 0.15) is 11.9 Å². The summed E-state index contributed by atoms with van der Waals surface area (Å²) in [5.74, 6) is -0.742. The smallest absolute Gasteiger partial charge is 0.247 e. The van der Waals surface area contributed by atoms with Crippen LogP contribution in [0.5, 0.6) is 0 Å². The van der Waals surface area contributed by atoms with Gasteiger partial charge in [-0.3, -0.25) is 19.4 Å². The number of carbonyl (C=O) groups is 3. The fraction of sp³-hybridized carbons (Fsp3) is 0.423. The second-order valence-corrected chi connectivity index (χ2v) is 8.43. The Kier molecular flexibility index (Phi) is 12.3. The van der Waals surface area contributed by atoms with Crippen LogP contribution in [0.3, 0.4) is 0 Å². The molecule has 12 heteroatoms. The maximum atomic E-state index is 13.2. The first-order valence-electron chi connectivity index (χ1n) is 12.7. The summed E-state index contributed by atoms with van der Waals surface area (Å²) in [4.78, 5) is 51.6. The number of nitrogens with one attached hydrogen (secondary N) is 3. The highest BCUT2D eigenvalue weighted by atomic mass is 16.2. The minimum absolute atomic E-state index is 0.145. The maximum Gasteiger partial charge on any atom is 0.247 e. The molecule has 0 saturated heterocycles. The Morgan fingerprint density at radius 3 is 2.34 bits per heavy atom. The molecule has 0 saturated carbocycles. The van der Waals surface area contributed by atoms with Gasteiger partial charge in [0.2, 0.25) is 17.7 Å². The van der Waals surface area contributed by atoms with E-state index in [2.05, 4.69) is 25.6 Å². The van der Waals surface area contributed by atoms with E-state index >= 15 is 0 Å². The van der Waals surface area contributed by atoms with Crippen molar-refractivity contribution in [3.05, 3.63) is 54.2 Å². The first-order chi connectivity index (χ1) is 18.3. The van der Waals surface area contributed by atoms with Gasteiger partial charge in [0.05, 0.1) is 29.9 Å². The SMILES string of the molecule is CC.Cc1ncc(C[C@H](NC(=O)C(N)CC(=O)N(CCN)CCN)C(=O)Nc2cnc3ccccc3c2)[nH]1. The number of aromatic amines is 1. The lowest BCUT2D eigenvalue weighted by atomic mass is 10.1. The largest absolute Gasteiger partial charge is 0.346 e. The van der Waals surface area contributed by atoms with E-state index in [-0.39, 0.29) is 31.8 Å². The molecule has 0 fully saturated rings. The third-order valence-corrected chi connectivity index (χ3v) is 5.55. The van der Waals surface area contributed by atoms with Gasteiger partial charge >= 0.3 is 0 Å². The Morgan fingerprint density at radius 2 is 1.71 bits per heavy atom. The van der Waals surface area contributed by atoms with Crippen molar-refractivity contribution in [3.63, 3.8) is 0 Å². The van der Waals surface area contributed by atoms with Crippen LogP contribution in [0.1, 0.15) is 31.8 Å². The summed E-state index contributed by atoms with van der Waals surface area (Å²) in [7, 11) is 0. The molecule has 0 radical (unpaired) electrons. The zero-order chi connectivity index (χ0) is 28.1. The number of nitrogens with two attached hydrogens (primary N) is 3. The number of carbonyl (C=O) groups excluding carboxylic acids is 3. The third-order valence-electron chi connectivity index (χ3n) is 5.55. The fourth-order valence-corrected chi connectivity index (χ4v) is 3.73. The molecule has 2 heterocycles. The molecule has 0 bridgehead atoms. The van der Waals surface area contributed by atoms with Crippen molar-refractivity contribution in [1.29, 1.82) is 0 Å². The van der Waals surface area contributed by atoms with Gasteiger partial charge in [0.15, 0.2) is 0 Å². The van der Waals surface area contributed by atoms with Gasteiger partial charge in [-0.15, -0.1) is 0 Å². The van der Waals surface area contributed by atoms with Gasteiger partial charge in [-0.1, -0.05) is 32.0 Å². The van der Waals surface area contributed by atoms with Crippen molar-refractivity contribution >= 4 is 34.3 Å². The summed E-state index contributed by atoms with van der Waals surface area (Å²) >= 11 is 0. The van der Waals surface area contributed by atoms with Crippen LogP contribution in [-0.4, -0.2) is 75.8 Å². The number of pyridine rings is 1. The number of rotatable bonds is 12. The van der Waals surface area contributed by atoms with Gasteiger partial charge in [0, 0.05) is 49.9 Å². The van der Waals surface area contributed by atoms with Crippen LogP contribution >= 0.6 is 0 Å². The second kappa shape index (κ2) is 15.4. The zero-order valence-electron chi connectivity index (χ0n) is 22.2. The molecule has 12 nitrogen and oxygen atoms in total. The molecule has 0 aliphatic carbocycles. The molecular weight excluding hydrogens is 486 g/mol. The normalized spacial score (nSPS) is 12.2. The minimum atomic E-state index is -1.16. The van der Waals surface area contributed by atoms with E-state index in [4.69, 9.17) is 17.2 Å². The van der Waals surface area contributed by atoms with E-state index < -0.39 is 23.9 Å². The van der Waals surface area contributed by atoms with Crippen LogP contribution in [0.25, 0.3) is 10.9 Å². The van der Waals surface area contributed by atoms with Crippen molar-refractivity contribution in [2.24, 2.45) is 17.2 Å². The van der Waals surface area contributed by atoms with Gasteiger partial charge in [-0.05, 0) is 19.1 Å². The summed E-state index contributed by atoms with van der Waals surface area (Å²) in [5, 5.41) is 6.34. The van der Waals surface area contributed by atoms with Crippen molar-refractivity contribution in [3.8, 4) is 0 Å². The second-order valence-electron chi connectivity index (χ2n) is 8.43. The standard InChI is InChI=1S/C24H33N9O3.C2H6/c1-15-28-13-18(30-15)11-21(24(36)31-17-10-16-4-2-3-5-20(16)29-14-17)32-23(35)19(27)12-22(34)33(8-6-25)9-7-26;1-2/h2-5,10,13-14,19,21H,6-9,11-12,25-27H2,1H3,(H,28,30)(H,31,36)(H,32,35);1-2H3/t19?,21-;/m0./s1. The highest BCUT2D eigenvalue weighted by Crippen LogP contribution is 2.16. The van der Waals surface area contributed by atoms with E-state index in [1.54, 1.807) is 25.4 Å². The number of para-hydroxylation sites is 1. The maximum absolute atomic E-state index is 13.2. The average Bonchev–Trinajstić information content (AvgIpc) is 3.33. The lowest BCUT2D eigenvalue weighted by Gasteiger charge is -2.24. The number of aryl methyl sites for hydroxylation is 1. The predicted molar refractivity (Wildman–Crippen MR) is 148 cm³/mol. The van der Waals surface area contributed by atoms with Crippen LogP contribution in [0, 0.1) is 6.92 Å². The van der Waals surface area contributed by atoms with Crippen LogP contribution < -0.4 is 27.8 Å². The number of H-pyrrole nitrogens is 1. The van der Waals surface area contributed by atoms with Gasteiger partial charge < -0.3 is 37.7 Å². The summed E-state index contributed by atoms with van der Waals surface area (Å²) in [6, 6.07) is 7.18. The molecule has 3 aromatic rings. The molecule has 3 amide bonds. The van der Waals surface area contributed by atoms with Crippen LogP contribution in [0.15, 0.2) is 42.7 Å². The van der Waals surface area contributed by atoms with Crippen molar-refractivity contribution in [2.45, 2.75) is 45.7 Å². The van der Waals surface area contributed by atoms with Gasteiger partial charge in [-0.2, -0.15) is 0 Å². The summed E-state index contributed by atoms with van der Waals surface area (Å²) in [6.45, 7) is 6.95. The molecule has 38 heavy (non-hydrogen) atoms. The van der Waals surface area contributed by atoms with E-state index in [0.717, 1.165) is 10.9 Å². The quantitative estimate of drug-likeness (QED) is 0.195. The molecule has 206 valence electrons. The fourth-order valence-electron chi connectivity index (χ4n) is 3.73. The van der Waals surface area contributed by atoms with Crippen LogP contribution in [0.2, 0.25) is 0 Å². The first kappa shape index (κ1) is 30.4.